The minimum absolute atomic E-state index is 0.0559. The molecule has 1 saturated heterocycles. The quantitative estimate of drug-likeness (QED) is 0.418. The molecule has 0 spiro atoms. The summed E-state index contributed by atoms with van der Waals surface area (Å²) in [6, 6.07) is 13.7. The second kappa shape index (κ2) is 9.36. The standard InChI is InChI=1S/C21H24N4O4S/c1-15(17-8-9-18(29-17)19(26)27-2)30-21-23-22-20(24-10-12-28-13-11-24)25(21)14-16-6-4-3-5-7-16/h3-9,15H,10-14H2,1-2H3. The molecule has 3 heterocycles. The summed E-state index contributed by atoms with van der Waals surface area (Å²) in [5.74, 6) is 1.23. The number of nitrogens with zero attached hydrogens (tertiary/aromatic N) is 4. The summed E-state index contributed by atoms with van der Waals surface area (Å²) >= 11 is 1.55. The Morgan fingerprint density at radius 1 is 1.17 bits per heavy atom. The Morgan fingerprint density at radius 2 is 1.93 bits per heavy atom. The first-order chi connectivity index (χ1) is 14.7. The van der Waals surface area contributed by atoms with Crippen molar-refractivity contribution in [2.75, 3.05) is 38.3 Å². The molecular weight excluding hydrogens is 404 g/mol. The van der Waals surface area contributed by atoms with E-state index in [2.05, 4.69) is 31.8 Å². The molecule has 1 fully saturated rings. The molecule has 0 bridgehead atoms. The third-order valence-corrected chi connectivity index (χ3v) is 5.97. The van der Waals surface area contributed by atoms with Gasteiger partial charge in [0.25, 0.3) is 0 Å². The van der Waals surface area contributed by atoms with E-state index in [1.165, 1.54) is 12.7 Å². The van der Waals surface area contributed by atoms with Crippen LogP contribution in [0, 0.1) is 0 Å². The van der Waals surface area contributed by atoms with Gasteiger partial charge in [-0.15, -0.1) is 10.2 Å². The number of hydrogen-bond donors (Lipinski definition) is 0. The number of anilines is 1. The van der Waals surface area contributed by atoms with Crippen LogP contribution < -0.4 is 4.90 Å². The summed E-state index contributed by atoms with van der Waals surface area (Å²) in [5, 5.41) is 9.70. The van der Waals surface area contributed by atoms with Crippen molar-refractivity contribution < 1.29 is 18.7 Å². The maximum Gasteiger partial charge on any atom is 0.373 e. The number of carbonyl (C=O) groups excluding carboxylic acids is 1. The van der Waals surface area contributed by atoms with Gasteiger partial charge in [0.1, 0.15) is 5.76 Å². The lowest BCUT2D eigenvalue weighted by molar-refractivity contribution is 0.0563. The molecule has 0 radical (unpaired) electrons. The fourth-order valence-corrected chi connectivity index (χ4v) is 4.19. The summed E-state index contributed by atoms with van der Waals surface area (Å²) in [6.07, 6.45) is 0. The molecule has 0 aliphatic carbocycles. The Kier molecular flexibility index (Phi) is 6.39. The molecule has 8 nitrogen and oxygen atoms in total. The third kappa shape index (κ3) is 4.52. The van der Waals surface area contributed by atoms with Gasteiger partial charge >= 0.3 is 5.97 Å². The SMILES string of the molecule is COC(=O)c1ccc(C(C)Sc2nnc(N3CCOCC3)n2Cc2ccccc2)o1. The van der Waals surface area contributed by atoms with E-state index in [-0.39, 0.29) is 11.0 Å². The Morgan fingerprint density at radius 3 is 2.67 bits per heavy atom. The van der Waals surface area contributed by atoms with E-state index in [1.807, 2.05) is 25.1 Å². The summed E-state index contributed by atoms with van der Waals surface area (Å²) in [4.78, 5) is 13.9. The van der Waals surface area contributed by atoms with E-state index in [9.17, 15) is 4.79 Å². The van der Waals surface area contributed by atoms with Gasteiger partial charge in [-0.25, -0.2) is 4.79 Å². The van der Waals surface area contributed by atoms with E-state index in [4.69, 9.17) is 13.9 Å². The summed E-state index contributed by atoms with van der Waals surface area (Å²) in [6.45, 7) is 5.61. The number of rotatable bonds is 7. The number of esters is 1. The van der Waals surface area contributed by atoms with Crippen molar-refractivity contribution in [3.63, 3.8) is 0 Å². The highest BCUT2D eigenvalue weighted by Gasteiger charge is 2.24. The van der Waals surface area contributed by atoms with Gasteiger partial charge in [-0.3, -0.25) is 4.57 Å². The predicted molar refractivity (Wildman–Crippen MR) is 113 cm³/mol. The van der Waals surface area contributed by atoms with Gasteiger partial charge in [0, 0.05) is 13.1 Å². The number of methoxy groups -OCH3 is 1. The fourth-order valence-electron chi connectivity index (χ4n) is 3.27. The summed E-state index contributed by atoms with van der Waals surface area (Å²) in [7, 11) is 1.34. The Labute approximate surface area is 179 Å². The van der Waals surface area contributed by atoms with Gasteiger partial charge in [0.05, 0.1) is 32.1 Å². The number of ether oxygens (including phenoxy) is 2. The molecule has 4 rings (SSSR count). The zero-order chi connectivity index (χ0) is 20.9. The van der Waals surface area contributed by atoms with Crippen LogP contribution in [0.3, 0.4) is 0 Å². The minimum atomic E-state index is -0.486. The topological polar surface area (TPSA) is 82.6 Å². The molecule has 0 N–H and O–H groups in total. The molecule has 0 amide bonds. The van der Waals surface area contributed by atoms with Crippen molar-refractivity contribution in [2.45, 2.75) is 23.9 Å². The second-order valence-electron chi connectivity index (χ2n) is 6.91. The van der Waals surface area contributed by atoms with Crippen molar-refractivity contribution in [1.82, 2.24) is 14.8 Å². The third-order valence-electron chi connectivity index (χ3n) is 4.87. The number of thioether (sulfide) groups is 1. The van der Waals surface area contributed by atoms with Crippen molar-refractivity contribution in [1.29, 1.82) is 0 Å². The van der Waals surface area contributed by atoms with Crippen molar-refractivity contribution >= 4 is 23.7 Å². The maximum atomic E-state index is 11.7. The smallest absolute Gasteiger partial charge is 0.373 e. The molecule has 9 heteroatoms. The van der Waals surface area contributed by atoms with Gasteiger partial charge < -0.3 is 18.8 Å². The van der Waals surface area contributed by atoms with Crippen molar-refractivity contribution in [3.05, 3.63) is 59.5 Å². The maximum absolute atomic E-state index is 11.7. The zero-order valence-electron chi connectivity index (χ0n) is 17.0. The molecule has 1 aliphatic heterocycles. The van der Waals surface area contributed by atoms with Gasteiger partial charge in [-0.2, -0.15) is 0 Å². The highest BCUT2D eigenvalue weighted by atomic mass is 32.2. The van der Waals surface area contributed by atoms with Crippen LogP contribution in [0.5, 0.6) is 0 Å². The van der Waals surface area contributed by atoms with Crippen LogP contribution in [0.25, 0.3) is 0 Å². The fraction of sp³-hybridized carbons (Fsp3) is 0.381. The van der Waals surface area contributed by atoms with Crippen LogP contribution in [0.15, 0.2) is 52.0 Å². The van der Waals surface area contributed by atoms with E-state index >= 15 is 0 Å². The number of aromatic nitrogens is 3. The van der Waals surface area contributed by atoms with E-state index in [0.29, 0.717) is 25.5 Å². The molecule has 0 saturated carbocycles. The Hall–Kier alpha value is -2.78. The molecule has 30 heavy (non-hydrogen) atoms. The van der Waals surface area contributed by atoms with Crippen molar-refractivity contribution in [3.8, 4) is 0 Å². The molecule has 158 valence electrons. The van der Waals surface area contributed by atoms with Crippen LogP contribution in [0.4, 0.5) is 5.95 Å². The lowest BCUT2D eigenvalue weighted by Crippen LogP contribution is -2.38. The van der Waals surface area contributed by atoms with Crippen LogP contribution in [-0.4, -0.2) is 54.1 Å². The van der Waals surface area contributed by atoms with Crippen LogP contribution in [0.2, 0.25) is 0 Å². The molecule has 1 aliphatic rings. The van der Waals surface area contributed by atoms with Gasteiger partial charge in [-0.05, 0) is 24.6 Å². The Bertz CT molecular complexity index is 982. The first-order valence-corrected chi connectivity index (χ1v) is 10.7. The number of hydrogen-bond acceptors (Lipinski definition) is 8. The van der Waals surface area contributed by atoms with Gasteiger partial charge in [0.2, 0.25) is 11.7 Å². The average Bonchev–Trinajstić information content (AvgIpc) is 3.43. The van der Waals surface area contributed by atoms with Crippen LogP contribution >= 0.6 is 11.8 Å². The normalized spacial score (nSPS) is 15.2. The largest absolute Gasteiger partial charge is 0.463 e. The summed E-state index contributed by atoms with van der Waals surface area (Å²) < 4.78 is 18.0. The summed E-state index contributed by atoms with van der Waals surface area (Å²) in [5.41, 5.74) is 1.17. The second-order valence-corrected chi connectivity index (χ2v) is 8.22. The number of carbonyl (C=O) groups is 1. The number of benzene rings is 1. The van der Waals surface area contributed by atoms with E-state index < -0.39 is 5.97 Å². The van der Waals surface area contributed by atoms with Gasteiger partial charge in [0.15, 0.2) is 5.16 Å². The van der Waals surface area contributed by atoms with E-state index in [1.54, 1.807) is 23.9 Å². The molecule has 1 atom stereocenters. The highest BCUT2D eigenvalue weighted by Crippen LogP contribution is 2.36. The minimum Gasteiger partial charge on any atom is -0.463 e. The molecular formula is C21H24N4O4S. The van der Waals surface area contributed by atoms with Crippen LogP contribution in [-0.2, 0) is 16.0 Å². The first kappa shape index (κ1) is 20.5. The number of morpholine rings is 1. The molecule has 1 unspecified atom stereocenters. The van der Waals surface area contributed by atoms with Crippen LogP contribution in [0.1, 0.15) is 34.1 Å². The van der Waals surface area contributed by atoms with Crippen molar-refractivity contribution in [2.24, 2.45) is 0 Å². The zero-order valence-corrected chi connectivity index (χ0v) is 17.8. The molecule has 3 aromatic rings. The lowest BCUT2D eigenvalue weighted by Gasteiger charge is -2.28. The Balaban J connectivity index is 1.59. The van der Waals surface area contributed by atoms with E-state index in [0.717, 1.165) is 24.2 Å². The first-order valence-electron chi connectivity index (χ1n) is 9.80. The lowest BCUT2D eigenvalue weighted by atomic mass is 10.2. The molecule has 2 aromatic heterocycles. The predicted octanol–water partition coefficient (Wildman–Crippen LogP) is 3.40. The molecule has 1 aromatic carbocycles. The number of furan rings is 1. The van der Waals surface area contributed by atoms with Gasteiger partial charge in [-0.1, -0.05) is 42.1 Å². The monoisotopic (exact) mass is 428 g/mol. The highest BCUT2D eigenvalue weighted by molar-refractivity contribution is 7.99. The average molecular weight is 429 g/mol.